The number of nitrogens with zero attached hydrogens (tertiary/aromatic N) is 4. The molecule has 0 fully saturated rings. The van der Waals surface area contributed by atoms with Crippen LogP contribution in [0.3, 0.4) is 0 Å². The maximum absolute atomic E-state index is 12.1. The highest BCUT2D eigenvalue weighted by Gasteiger charge is 2.25. The van der Waals surface area contributed by atoms with Crippen molar-refractivity contribution >= 4 is 85.6 Å². The van der Waals surface area contributed by atoms with E-state index in [0.29, 0.717) is 6.07 Å². The summed E-state index contributed by atoms with van der Waals surface area (Å²) in [6.07, 6.45) is 0. The zero-order chi connectivity index (χ0) is 32.8. The Morgan fingerprint density at radius 1 is 0.545 bits per heavy atom. The number of benzene rings is 4. The van der Waals surface area contributed by atoms with Crippen molar-refractivity contribution in [2.45, 2.75) is 19.6 Å². The molecule has 22 heteroatoms. The Morgan fingerprint density at radius 3 is 1.61 bits per heavy atom. The second kappa shape index (κ2) is 11.5. The van der Waals surface area contributed by atoms with Crippen molar-refractivity contribution < 1.29 is 57.0 Å². The van der Waals surface area contributed by atoms with Crippen molar-refractivity contribution in [3.8, 4) is 5.75 Å². The minimum absolute atomic E-state index is 0.0860. The maximum atomic E-state index is 12.1. The summed E-state index contributed by atoms with van der Waals surface area (Å²) in [6.45, 7) is 0. The number of hydrogen-bond acceptors (Lipinski definition) is 13. The van der Waals surface area contributed by atoms with Crippen molar-refractivity contribution in [2.75, 3.05) is 0 Å². The first-order valence-electron chi connectivity index (χ1n) is 11.1. The van der Waals surface area contributed by atoms with Gasteiger partial charge in [-0.05, 0) is 66.0 Å². The lowest BCUT2D eigenvalue weighted by Gasteiger charge is -2.11. The summed E-state index contributed by atoms with van der Waals surface area (Å²) in [6, 6.07) is 9.55. The Labute approximate surface area is 253 Å². The Bertz CT molecular complexity index is 2340. The molecule has 0 aliphatic carbocycles. The van der Waals surface area contributed by atoms with Gasteiger partial charge in [0.25, 0.3) is 40.5 Å². The van der Waals surface area contributed by atoms with Crippen LogP contribution in [0.25, 0.3) is 10.8 Å². The van der Waals surface area contributed by atoms with Crippen molar-refractivity contribution in [1.82, 2.24) is 0 Å². The molecule has 0 spiro atoms. The van der Waals surface area contributed by atoms with E-state index in [0.717, 1.165) is 42.5 Å². The average Bonchev–Trinajstić information content (AvgIpc) is 2.89. The van der Waals surface area contributed by atoms with Gasteiger partial charge in [0.2, 0.25) is 0 Å². The topological polar surface area (TPSA) is 287 Å². The Hall–Kier alpha value is -3.93. The number of hydrogen-bond donors (Lipinski definition) is 5. The zero-order valence-corrected chi connectivity index (χ0v) is 25.1. The van der Waals surface area contributed by atoms with Crippen LogP contribution in [0, 0.1) is 0 Å². The molecule has 0 aliphatic rings. The standard InChI is InChI=1S/C22H15ClN4O13S4/c23-16-10-15-11(7-18(16)42(32,33)34)8-20(44(38,39)40)21(22(15)28)27-26-17-6-3-13(9-19(17)43(35,36)37)25-24-12-1-4-14(5-2-12)41(29,30)31/h1-10,28H,(H,29,30,31)(H,32,33,34)(H,35,36,37)(H,38,39,40)/b25-24+,27-26+. The third-order valence-electron chi connectivity index (χ3n) is 5.55. The highest BCUT2D eigenvalue weighted by Crippen LogP contribution is 2.44. The van der Waals surface area contributed by atoms with E-state index in [4.69, 9.17) is 16.2 Å². The van der Waals surface area contributed by atoms with Gasteiger partial charge in [0.05, 0.1) is 21.3 Å². The Balaban J connectivity index is 1.81. The molecular formula is C22H15ClN4O13S4. The molecule has 232 valence electrons. The van der Waals surface area contributed by atoms with Crippen LogP contribution in [-0.4, -0.2) is 57.0 Å². The van der Waals surface area contributed by atoms with Gasteiger partial charge in [-0.15, -0.1) is 10.2 Å². The third-order valence-corrected chi connectivity index (χ3v) is 9.49. The van der Waals surface area contributed by atoms with Crippen LogP contribution in [0.15, 0.2) is 101 Å². The molecule has 0 bridgehead atoms. The third kappa shape index (κ3) is 7.23. The Morgan fingerprint density at radius 2 is 1.07 bits per heavy atom. The zero-order valence-electron chi connectivity index (χ0n) is 21.1. The predicted molar refractivity (Wildman–Crippen MR) is 151 cm³/mol. The summed E-state index contributed by atoms with van der Waals surface area (Å²) < 4.78 is 132. The fourth-order valence-electron chi connectivity index (χ4n) is 3.60. The fraction of sp³-hybridized carbons (Fsp3) is 0. The molecule has 0 saturated heterocycles. The van der Waals surface area contributed by atoms with E-state index >= 15 is 0 Å². The summed E-state index contributed by atoms with van der Waals surface area (Å²) in [4.78, 5) is -3.27. The summed E-state index contributed by atoms with van der Waals surface area (Å²) in [5, 5.41) is 24.2. The average molecular weight is 707 g/mol. The molecule has 0 atom stereocenters. The predicted octanol–water partition coefficient (Wildman–Crippen LogP) is 5.02. The minimum atomic E-state index is -5.20. The van der Waals surface area contributed by atoms with E-state index in [-0.39, 0.29) is 22.1 Å². The SMILES string of the molecule is O=S(=O)(O)c1ccc(/N=N/c2ccc(/N=N/c3c(S(=O)(=O)O)cc4cc(S(=O)(=O)O)c(Cl)cc4c3O)c(S(=O)(=O)O)c2)cc1. The molecule has 4 aromatic rings. The monoisotopic (exact) mass is 706 g/mol. The molecule has 5 N–H and O–H groups in total. The highest BCUT2D eigenvalue weighted by atomic mass is 35.5. The number of azo groups is 2. The van der Waals surface area contributed by atoms with Gasteiger partial charge >= 0.3 is 0 Å². The quantitative estimate of drug-likeness (QED) is 0.119. The summed E-state index contributed by atoms with van der Waals surface area (Å²) in [7, 11) is -19.6. The molecule has 0 amide bonds. The number of halogens is 1. The molecule has 0 aromatic heterocycles. The summed E-state index contributed by atoms with van der Waals surface area (Å²) >= 11 is 5.87. The van der Waals surface area contributed by atoms with E-state index in [1.54, 1.807) is 0 Å². The van der Waals surface area contributed by atoms with E-state index in [1.807, 2.05) is 0 Å². The second-order valence-corrected chi connectivity index (χ2v) is 14.5. The lowest BCUT2D eigenvalue weighted by molar-refractivity contribution is 0.471. The fourth-order valence-corrected chi connectivity index (χ4v) is 6.41. The molecule has 0 heterocycles. The normalized spacial score (nSPS) is 13.3. The Kier molecular flexibility index (Phi) is 8.64. The first kappa shape index (κ1) is 33.0. The van der Waals surface area contributed by atoms with E-state index < -0.39 is 82.2 Å². The van der Waals surface area contributed by atoms with E-state index in [9.17, 15) is 52.4 Å². The molecule has 4 aromatic carbocycles. The smallest absolute Gasteiger partial charge is 0.296 e. The first-order chi connectivity index (χ1) is 20.2. The summed E-state index contributed by atoms with van der Waals surface area (Å²) in [5.74, 6) is -0.999. The second-order valence-electron chi connectivity index (χ2n) is 8.52. The van der Waals surface area contributed by atoms with Gasteiger partial charge in [0.1, 0.15) is 26.1 Å². The number of rotatable bonds is 8. The molecule has 0 radical (unpaired) electrons. The summed E-state index contributed by atoms with van der Waals surface area (Å²) in [5.41, 5.74) is -1.63. The number of phenols is 1. The number of phenolic OH excluding ortho intramolecular Hbond substituents is 1. The van der Waals surface area contributed by atoms with Gasteiger partial charge in [-0.3, -0.25) is 18.2 Å². The van der Waals surface area contributed by atoms with Crippen LogP contribution in [0.5, 0.6) is 5.75 Å². The van der Waals surface area contributed by atoms with Crippen molar-refractivity contribution in [2.24, 2.45) is 20.5 Å². The number of fused-ring (bicyclic) bond motifs is 1. The van der Waals surface area contributed by atoms with E-state index in [1.165, 1.54) is 12.1 Å². The van der Waals surface area contributed by atoms with Gasteiger partial charge < -0.3 is 5.11 Å². The van der Waals surface area contributed by atoms with Crippen LogP contribution in [0.4, 0.5) is 22.7 Å². The largest absolute Gasteiger partial charge is 0.505 e. The van der Waals surface area contributed by atoms with Gasteiger partial charge in [-0.2, -0.15) is 43.9 Å². The molecule has 0 aliphatic heterocycles. The maximum Gasteiger partial charge on any atom is 0.296 e. The van der Waals surface area contributed by atoms with Crippen molar-refractivity contribution in [3.63, 3.8) is 0 Å². The van der Waals surface area contributed by atoms with Gasteiger partial charge in [0.15, 0.2) is 5.75 Å². The van der Waals surface area contributed by atoms with Crippen LogP contribution < -0.4 is 0 Å². The molecule has 0 saturated carbocycles. The van der Waals surface area contributed by atoms with Crippen LogP contribution in [0.2, 0.25) is 5.02 Å². The molecule has 0 unspecified atom stereocenters. The van der Waals surface area contributed by atoms with Gasteiger partial charge in [-0.25, -0.2) is 0 Å². The number of aromatic hydroxyl groups is 1. The van der Waals surface area contributed by atoms with Crippen molar-refractivity contribution in [1.29, 1.82) is 0 Å². The molecule has 4 rings (SSSR count). The van der Waals surface area contributed by atoms with Crippen LogP contribution >= 0.6 is 11.6 Å². The molecule has 44 heavy (non-hydrogen) atoms. The van der Waals surface area contributed by atoms with Crippen molar-refractivity contribution in [3.05, 3.63) is 65.7 Å². The van der Waals surface area contributed by atoms with Crippen LogP contribution in [0.1, 0.15) is 0 Å². The van der Waals surface area contributed by atoms with E-state index in [2.05, 4.69) is 20.5 Å². The first-order valence-corrected chi connectivity index (χ1v) is 17.3. The van der Waals surface area contributed by atoms with Crippen LogP contribution in [-0.2, 0) is 40.5 Å². The lowest BCUT2D eigenvalue weighted by atomic mass is 10.1. The highest BCUT2D eigenvalue weighted by molar-refractivity contribution is 7.86. The molecular weight excluding hydrogens is 692 g/mol. The van der Waals surface area contributed by atoms with Gasteiger partial charge in [0, 0.05) is 5.39 Å². The van der Waals surface area contributed by atoms with Gasteiger partial charge in [-0.1, -0.05) is 11.6 Å². The molecule has 17 nitrogen and oxygen atoms in total. The minimum Gasteiger partial charge on any atom is -0.505 e. The lowest BCUT2D eigenvalue weighted by Crippen LogP contribution is -2.01.